The van der Waals surface area contributed by atoms with Gasteiger partial charge in [0.1, 0.15) is 18.2 Å². The Morgan fingerprint density at radius 2 is 1.68 bits per heavy atom. The van der Waals surface area contributed by atoms with Gasteiger partial charge in [-0.05, 0) is 42.0 Å². The van der Waals surface area contributed by atoms with Gasteiger partial charge in [0.2, 0.25) is 6.79 Å². The molecule has 0 saturated carbocycles. The van der Waals surface area contributed by atoms with Crippen LogP contribution in [0.15, 0.2) is 78.9 Å². The van der Waals surface area contributed by atoms with Gasteiger partial charge in [-0.3, -0.25) is 9.69 Å². The molecule has 3 heterocycles. The lowest BCUT2D eigenvalue weighted by molar-refractivity contribution is 0.0948. The van der Waals surface area contributed by atoms with Gasteiger partial charge in [0, 0.05) is 38.1 Å². The summed E-state index contributed by atoms with van der Waals surface area (Å²) in [4.78, 5) is 22.8. The molecule has 0 unspecified atom stereocenters. The number of rotatable bonds is 8. The van der Waals surface area contributed by atoms with E-state index in [9.17, 15) is 4.79 Å². The van der Waals surface area contributed by atoms with Crippen molar-refractivity contribution in [2.45, 2.75) is 6.54 Å². The first-order valence-corrected chi connectivity index (χ1v) is 12.9. The van der Waals surface area contributed by atoms with Crippen molar-refractivity contribution in [3.05, 3.63) is 90.0 Å². The van der Waals surface area contributed by atoms with Crippen LogP contribution in [0.5, 0.6) is 17.2 Å². The van der Waals surface area contributed by atoms with Gasteiger partial charge in [0.05, 0.1) is 17.6 Å². The summed E-state index contributed by atoms with van der Waals surface area (Å²) < 4.78 is 16.7. The van der Waals surface area contributed by atoms with Crippen LogP contribution in [0.4, 0.5) is 5.82 Å². The predicted molar refractivity (Wildman–Crippen MR) is 146 cm³/mol. The number of hydrogen-bond donors (Lipinski definition) is 1. The molecule has 194 valence electrons. The van der Waals surface area contributed by atoms with E-state index in [2.05, 4.69) is 27.2 Å². The molecule has 38 heavy (non-hydrogen) atoms. The molecule has 0 spiro atoms. The smallest absolute Gasteiger partial charge is 0.252 e. The number of carbonyl (C=O) groups is 1. The number of fused-ring (bicyclic) bond motifs is 2. The zero-order valence-corrected chi connectivity index (χ0v) is 21.1. The highest BCUT2D eigenvalue weighted by atomic mass is 16.7. The number of aromatic nitrogens is 1. The third kappa shape index (κ3) is 5.35. The lowest BCUT2D eigenvalue weighted by Crippen LogP contribution is -2.46. The number of para-hydroxylation sites is 2. The maximum absolute atomic E-state index is 13.2. The molecule has 8 nitrogen and oxygen atoms in total. The lowest BCUT2D eigenvalue weighted by atomic mass is 10.1. The second-order valence-corrected chi connectivity index (χ2v) is 9.41. The fourth-order valence-corrected chi connectivity index (χ4v) is 4.89. The standard InChI is InChI=1S/C30H30N4O4/c35-30(31-12-17-36-23-6-2-1-3-7-23)25-19-29(32-26-9-5-4-8-24(25)26)34-15-13-33(14-16-34)20-22-10-11-27-28(18-22)38-21-37-27/h1-11,18-19H,12-17,20-21H2,(H,31,35). The van der Waals surface area contributed by atoms with Crippen molar-refractivity contribution in [2.24, 2.45) is 0 Å². The van der Waals surface area contributed by atoms with Crippen molar-refractivity contribution < 1.29 is 19.0 Å². The van der Waals surface area contributed by atoms with Crippen molar-refractivity contribution in [1.29, 1.82) is 0 Å². The Hall–Kier alpha value is -4.30. The summed E-state index contributed by atoms with van der Waals surface area (Å²) in [5.41, 5.74) is 2.66. The highest BCUT2D eigenvalue weighted by Gasteiger charge is 2.22. The monoisotopic (exact) mass is 510 g/mol. The van der Waals surface area contributed by atoms with Crippen LogP contribution in [0.3, 0.4) is 0 Å². The third-order valence-corrected chi connectivity index (χ3v) is 6.89. The van der Waals surface area contributed by atoms with Crippen LogP contribution in [0, 0.1) is 0 Å². The van der Waals surface area contributed by atoms with E-state index >= 15 is 0 Å². The van der Waals surface area contributed by atoms with E-state index in [-0.39, 0.29) is 12.7 Å². The van der Waals surface area contributed by atoms with Crippen molar-refractivity contribution in [3.63, 3.8) is 0 Å². The van der Waals surface area contributed by atoms with E-state index in [0.717, 1.165) is 66.7 Å². The molecular weight excluding hydrogens is 480 g/mol. The normalized spacial score (nSPS) is 15.0. The van der Waals surface area contributed by atoms with Crippen LogP contribution in [-0.4, -0.2) is 61.9 Å². The first-order valence-electron chi connectivity index (χ1n) is 12.9. The molecule has 0 aliphatic carbocycles. The Balaban J connectivity index is 1.10. The Labute approximate surface area is 221 Å². The molecule has 0 radical (unpaired) electrons. The third-order valence-electron chi connectivity index (χ3n) is 6.89. The van der Waals surface area contributed by atoms with Crippen molar-refractivity contribution >= 4 is 22.6 Å². The second-order valence-electron chi connectivity index (χ2n) is 9.41. The van der Waals surface area contributed by atoms with Crippen molar-refractivity contribution in [2.75, 3.05) is 51.0 Å². The molecule has 1 N–H and O–H groups in total. The van der Waals surface area contributed by atoms with Gasteiger partial charge < -0.3 is 24.4 Å². The zero-order valence-electron chi connectivity index (χ0n) is 21.1. The Morgan fingerprint density at radius 3 is 2.55 bits per heavy atom. The lowest BCUT2D eigenvalue weighted by Gasteiger charge is -2.35. The van der Waals surface area contributed by atoms with Gasteiger partial charge >= 0.3 is 0 Å². The summed E-state index contributed by atoms with van der Waals surface area (Å²) in [5, 5.41) is 3.85. The Kier molecular flexibility index (Phi) is 6.95. The molecule has 1 saturated heterocycles. The Morgan fingerprint density at radius 1 is 0.895 bits per heavy atom. The fourth-order valence-electron chi connectivity index (χ4n) is 4.89. The number of carbonyl (C=O) groups excluding carboxylic acids is 1. The van der Waals surface area contributed by atoms with Crippen LogP contribution in [-0.2, 0) is 6.54 Å². The van der Waals surface area contributed by atoms with Crippen LogP contribution in [0.2, 0.25) is 0 Å². The summed E-state index contributed by atoms with van der Waals surface area (Å²) in [6, 6.07) is 25.5. The number of ether oxygens (including phenoxy) is 3. The van der Waals surface area contributed by atoms with Gasteiger partial charge in [-0.1, -0.05) is 42.5 Å². The number of pyridine rings is 1. The second kappa shape index (κ2) is 11.0. The van der Waals surface area contributed by atoms with Gasteiger partial charge in [-0.2, -0.15) is 0 Å². The predicted octanol–water partition coefficient (Wildman–Crippen LogP) is 4.09. The first-order chi connectivity index (χ1) is 18.7. The van der Waals surface area contributed by atoms with E-state index in [1.54, 1.807) is 0 Å². The number of anilines is 1. The molecule has 0 atom stereocenters. The summed E-state index contributed by atoms with van der Waals surface area (Å²) in [6.45, 7) is 5.44. The van der Waals surface area contributed by atoms with Gasteiger partial charge in [0.15, 0.2) is 11.5 Å². The number of piperazine rings is 1. The maximum atomic E-state index is 13.2. The SMILES string of the molecule is O=C(NCCOc1ccccc1)c1cc(N2CCN(Cc3ccc4c(c3)OCO4)CC2)nc2ccccc12. The number of nitrogens with zero attached hydrogens (tertiary/aromatic N) is 3. The molecule has 6 rings (SSSR count). The minimum Gasteiger partial charge on any atom is -0.492 e. The maximum Gasteiger partial charge on any atom is 0.252 e. The van der Waals surface area contributed by atoms with Gasteiger partial charge in [-0.25, -0.2) is 4.98 Å². The van der Waals surface area contributed by atoms with E-state index < -0.39 is 0 Å². The molecule has 2 aliphatic rings. The number of hydrogen-bond acceptors (Lipinski definition) is 7. The minimum absolute atomic E-state index is 0.122. The first kappa shape index (κ1) is 24.1. The molecule has 1 fully saturated rings. The highest BCUT2D eigenvalue weighted by Crippen LogP contribution is 2.33. The molecule has 8 heteroatoms. The summed E-state index contributed by atoms with van der Waals surface area (Å²) >= 11 is 0. The molecule has 3 aromatic carbocycles. The van der Waals surface area contributed by atoms with E-state index in [0.29, 0.717) is 18.7 Å². The minimum atomic E-state index is -0.122. The largest absolute Gasteiger partial charge is 0.492 e. The van der Waals surface area contributed by atoms with Gasteiger partial charge in [0.25, 0.3) is 5.91 Å². The number of nitrogens with one attached hydrogen (secondary N) is 1. The van der Waals surface area contributed by atoms with Crippen LogP contribution < -0.4 is 24.4 Å². The molecule has 1 aromatic heterocycles. The van der Waals surface area contributed by atoms with Crippen molar-refractivity contribution in [1.82, 2.24) is 15.2 Å². The number of amides is 1. The molecule has 2 aliphatic heterocycles. The zero-order chi connectivity index (χ0) is 25.7. The van der Waals surface area contributed by atoms with E-state index in [1.807, 2.05) is 66.7 Å². The molecule has 1 amide bonds. The Bertz CT molecular complexity index is 1420. The van der Waals surface area contributed by atoms with Crippen LogP contribution in [0.25, 0.3) is 10.9 Å². The van der Waals surface area contributed by atoms with Crippen molar-refractivity contribution in [3.8, 4) is 17.2 Å². The summed E-state index contributed by atoms with van der Waals surface area (Å²) in [5.74, 6) is 3.12. The van der Waals surface area contributed by atoms with Crippen LogP contribution >= 0.6 is 0 Å². The summed E-state index contributed by atoms with van der Waals surface area (Å²) in [7, 11) is 0. The van der Waals surface area contributed by atoms with Crippen LogP contribution in [0.1, 0.15) is 15.9 Å². The highest BCUT2D eigenvalue weighted by molar-refractivity contribution is 6.07. The molecular formula is C30H30N4O4. The fraction of sp³-hybridized carbons (Fsp3) is 0.267. The average molecular weight is 511 g/mol. The number of benzene rings is 3. The quantitative estimate of drug-likeness (QED) is 0.358. The molecule has 4 aromatic rings. The summed E-state index contributed by atoms with van der Waals surface area (Å²) in [6.07, 6.45) is 0. The van der Waals surface area contributed by atoms with E-state index in [1.165, 1.54) is 5.56 Å². The molecule has 0 bridgehead atoms. The van der Waals surface area contributed by atoms with Gasteiger partial charge in [-0.15, -0.1) is 0 Å². The average Bonchev–Trinajstić information content (AvgIpc) is 3.44. The van der Waals surface area contributed by atoms with E-state index in [4.69, 9.17) is 19.2 Å². The topological polar surface area (TPSA) is 76.2 Å².